The van der Waals surface area contributed by atoms with Crippen molar-refractivity contribution in [2.75, 3.05) is 0 Å². The van der Waals surface area contributed by atoms with Crippen LogP contribution < -0.4 is 4.72 Å². The summed E-state index contributed by atoms with van der Waals surface area (Å²) in [6.07, 6.45) is 0. The molecule has 0 radical (unpaired) electrons. The first kappa shape index (κ1) is 20.8. The molecule has 0 spiro atoms. The van der Waals surface area contributed by atoms with E-state index in [1.54, 1.807) is 0 Å². The third-order valence-electron chi connectivity index (χ3n) is 3.42. The molecule has 0 saturated carbocycles. The van der Waals surface area contributed by atoms with Crippen LogP contribution in [0, 0.1) is 5.82 Å². The van der Waals surface area contributed by atoms with Crippen molar-refractivity contribution in [2.24, 2.45) is 0 Å². The average molecular weight is 414 g/mol. The third-order valence-corrected chi connectivity index (χ3v) is 5.04. The number of hydrogen-bond acceptors (Lipinski definition) is 3. The van der Waals surface area contributed by atoms with Crippen molar-refractivity contribution in [3.8, 4) is 0 Å². The molecule has 0 amide bonds. The van der Waals surface area contributed by atoms with Gasteiger partial charge in [0.05, 0.1) is 0 Å². The Morgan fingerprint density at radius 2 is 1.61 bits per heavy atom. The molecule has 0 aliphatic rings. The summed E-state index contributed by atoms with van der Waals surface area (Å²) in [5, 5.41) is 10.00. The highest BCUT2D eigenvalue weighted by Gasteiger charge is 2.61. The Morgan fingerprint density at radius 3 is 2.04 bits per heavy atom. The van der Waals surface area contributed by atoms with Gasteiger partial charge in [-0.25, -0.2) is 17.9 Å². The van der Waals surface area contributed by atoms with E-state index in [0.717, 1.165) is 31.9 Å². The van der Waals surface area contributed by atoms with Crippen LogP contribution >= 0.6 is 27.9 Å². The molecule has 0 aliphatic carbocycles. The Balaban J connectivity index is 3.51. The quantitative estimate of drug-likeness (QED) is 0.646. The van der Waals surface area contributed by atoms with Gasteiger partial charge in [0.1, 0.15) is 17.0 Å². The van der Waals surface area contributed by atoms with Crippen LogP contribution in [-0.4, -0.2) is 21.4 Å². The highest BCUT2D eigenvalue weighted by Crippen LogP contribution is 2.47. The van der Waals surface area contributed by atoms with Crippen LogP contribution in [0.5, 0.6) is 0 Å². The summed E-state index contributed by atoms with van der Waals surface area (Å²) in [4.78, 5) is 0. The second-order valence-electron chi connectivity index (χ2n) is 7.20. The fourth-order valence-electron chi connectivity index (χ4n) is 2.04. The molecule has 2 nitrogen and oxygen atoms in total. The van der Waals surface area contributed by atoms with Crippen LogP contribution in [0.3, 0.4) is 0 Å². The van der Waals surface area contributed by atoms with E-state index < -0.39 is 22.9 Å². The molecular formula is C16H23BrF3NOS. The van der Waals surface area contributed by atoms with Crippen LogP contribution in [0.4, 0.5) is 13.2 Å². The fourth-order valence-corrected chi connectivity index (χ4v) is 3.15. The van der Waals surface area contributed by atoms with Gasteiger partial charge in [0.25, 0.3) is 5.92 Å². The van der Waals surface area contributed by atoms with Crippen molar-refractivity contribution in [3.63, 3.8) is 0 Å². The molecule has 0 fully saturated rings. The maximum absolute atomic E-state index is 15.0. The predicted molar refractivity (Wildman–Crippen MR) is 93.2 cm³/mol. The van der Waals surface area contributed by atoms with Gasteiger partial charge in [0, 0.05) is 14.8 Å². The lowest BCUT2D eigenvalue weighted by Gasteiger charge is -2.45. The Hall–Kier alpha value is -0.240. The van der Waals surface area contributed by atoms with Gasteiger partial charge >= 0.3 is 0 Å². The molecule has 1 atom stereocenters. The Morgan fingerprint density at radius 1 is 1.09 bits per heavy atom. The minimum Gasteiger partial charge on any atom is -0.384 e. The Bertz CT molecular complexity index is 569. The van der Waals surface area contributed by atoms with E-state index in [1.807, 2.05) is 20.8 Å². The monoisotopic (exact) mass is 413 g/mol. The van der Waals surface area contributed by atoms with E-state index in [-0.39, 0.29) is 10.3 Å². The molecule has 132 valence electrons. The van der Waals surface area contributed by atoms with Gasteiger partial charge in [-0.3, -0.25) is 0 Å². The Kier molecular flexibility index (Phi) is 5.95. The molecule has 0 unspecified atom stereocenters. The molecule has 0 aromatic heterocycles. The van der Waals surface area contributed by atoms with Crippen molar-refractivity contribution in [1.29, 1.82) is 0 Å². The van der Waals surface area contributed by atoms with Gasteiger partial charge in [-0.05, 0) is 59.7 Å². The van der Waals surface area contributed by atoms with Crippen molar-refractivity contribution in [2.45, 2.75) is 63.4 Å². The van der Waals surface area contributed by atoms with Crippen LogP contribution in [0.15, 0.2) is 22.7 Å². The molecule has 23 heavy (non-hydrogen) atoms. The number of nitrogens with one attached hydrogen (secondary N) is 1. The first-order valence-corrected chi connectivity index (χ1v) is 8.74. The SMILES string of the molecule is CC(C)(C)SN[C@](C)(c1cc(Br)ccc1F)C(F)(F)C(C)(C)O. The molecule has 1 rings (SSSR count). The Labute approximate surface area is 148 Å². The third kappa shape index (κ3) is 4.44. The van der Waals surface area contributed by atoms with E-state index >= 15 is 8.78 Å². The van der Waals surface area contributed by atoms with Gasteiger partial charge in [-0.2, -0.15) is 0 Å². The summed E-state index contributed by atoms with van der Waals surface area (Å²) in [5.74, 6) is -4.40. The second-order valence-corrected chi connectivity index (χ2v) is 9.75. The van der Waals surface area contributed by atoms with Crippen LogP contribution in [0.25, 0.3) is 0 Å². The lowest BCUT2D eigenvalue weighted by Crippen LogP contribution is -2.62. The highest BCUT2D eigenvalue weighted by molar-refractivity contribution is 9.10. The minimum atomic E-state index is -3.64. The first-order chi connectivity index (χ1) is 10.1. The minimum absolute atomic E-state index is 0.212. The van der Waals surface area contributed by atoms with Crippen molar-refractivity contribution < 1.29 is 18.3 Å². The summed E-state index contributed by atoms with van der Waals surface area (Å²) in [6.45, 7) is 8.80. The number of hydrogen-bond donors (Lipinski definition) is 2. The molecule has 7 heteroatoms. The summed E-state index contributed by atoms with van der Waals surface area (Å²) < 4.78 is 47.2. The molecule has 1 aromatic carbocycles. The predicted octanol–water partition coefficient (Wildman–Crippen LogP) is 5.25. The summed E-state index contributed by atoms with van der Waals surface area (Å²) in [6, 6.07) is 3.88. The van der Waals surface area contributed by atoms with Crippen molar-refractivity contribution in [1.82, 2.24) is 4.72 Å². The normalized spacial score (nSPS) is 16.3. The van der Waals surface area contributed by atoms with Crippen molar-refractivity contribution >= 4 is 27.9 Å². The number of aliphatic hydroxyl groups is 1. The lowest BCUT2D eigenvalue weighted by molar-refractivity contribution is -0.205. The summed E-state index contributed by atoms with van der Waals surface area (Å²) >= 11 is 4.26. The number of halogens is 4. The fraction of sp³-hybridized carbons (Fsp3) is 0.625. The zero-order valence-corrected chi connectivity index (χ0v) is 16.5. The number of rotatable bonds is 5. The maximum atomic E-state index is 15.0. The molecule has 1 aromatic rings. The summed E-state index contributed by atoms with van der Waals surface area (Å²) in [5.41, 5.74) is -4.67. The smallest absolute Gasteiger partial charge is 0.297 e. The van der Waals surface area contributed by atoms with Gasteiger partial charge in [0.2, 0.25) is 0 Å². The van der Waals surface area contributed by atoms with Gasteiger partial charge in [-0.15, -0.1) is 0 Å². The van der Waals surface area contributed by atoms with E-state index in [2.05, 4.69) is 20.7 Å². The standard InChI is InChI=1S/C16H23BrF3NOS/c1-13(2,3)23-21-15(6,16(19,20)14(4,5)22)11-9-10(17)7-8-12(11)18/h7-9,21-22H,1-6H3/t15-/m1/s1. The highest BCUT2D eigenvalue weighted by atomic mass is 79.9. The van der Waals surface area contributed by atoms with Gasteiger partial charge < -0.3 is 5.11 Å². The van der Waals surface area contributed by atoms with Gasteiger partial charge in [0.15, 0.2) is 0 Å². The van der Waals surface area contributed by atoms with E-state index in [0.29, 0.717) is 4.47 Å². The second kappa shape index (κ2) is 6.58. The van der Waals surface area contributed by atoms with E-state index in [4.69, 9.17) is 0 Å². The largest absolute Gasteiger partial charge is 0.384 e. The average Bonchev–Trinajstić information content (AvgIpc) is 2.36. The van der Waals surface area contributed by atoms with Crippen molar-refractivity contribution in [3.05, 3.63) is 34.1 Å². The molecule has 0 heterocycles. The van der Waals surface area contributed by atoms with Crippen LogP contribution in [0.2, 0.25) is 0 Å². The molecule has 2 N–H and O–H groups in total. The lowest BCUT2D eigenvalue weighted by atomic mass is 9.78. The number of alkyl halides is 2. The zero-order valence-electron chi connectivity index (χ0n) is 14.1. The van der Waals surface area contributed by atoms with E-state index in [1.165, 1.54) is 19.1 Å². The molecular weight excluding hydrogens is 391 g/mol. The zero-order chi connectivity index (χ0) is 18.3. The maximum Gasteiger partial charge on any atom is 0.297 e. The summed E-state index contributed by atoms with van der Waals surface area (Å²) in [7, 11) is 0. The molecule has 0 aliphatic heterocycles. The van der Waals surface area contributed by atoms with Gasteiger partial charge in [-0.1, -0.05) is 27.9 Å². The first-order valence-electron chi connectivity index (χ1n) is 7.13. The van der Waals surface area contributed by atoms with E-state index in [9.17, 15) is 9.50 Å². The topological polar surface area (TPSA) is 32.3 Å². The molecule has 0 saturated heterocycles. The molecule has 0 bridgehead atoms. The van der Waals surface area contributed by atoms with Crippen LogP contribution in [0.1, 0.15) is 47.1 Å². The van der Waals surface area contributed by atoms with Crippen LogP contribution in [-0.2, 0) is 5.54 Å². The number of benzene rings is 1.